The monoisotopic (exact) mass is 618 g/mol. The minimum Gasteiger partial charge on any atom is -0.228 e. The molecule has 0 N–H and O–H groups in total. The molecule has 8 nitrogen and oxygen atoms in total. The lowest BCUT2D eigenvalue weighted by atomic mass is 10.0. The van der Waals surface area contributed by atoms with E-state index in [4.69, 9.17) is 0 Å². The van der Waals surface area contributed by atoms with Crippen molar-refractivity contribution < 1.29 is 33.7 Å². The number of unbranched alkanes of at least 4 members (excludes halogenated alkanes) is 7. The maximum atomic E-state index is 12.8. The van der Waals surface area contributed by atoms with E-state index in [1.165, 1.54) is 13.8 Å². The van der Waals surface area contributed by atoms with Crippen molar-refractivity contribution in [2.24, 2.45) is 0 Å². The Hall–Kier alpha value is -0.200. The van der Waals surface area contributed by atoms with Crippen LogP contribution in [0.25, 0.3) is 0 Å². The summed E-state index contributed by atoms with van der Waals surface area (Å²) in [6, 6.07) is 0. The Morgan fingerprint density at radius 1 is 0.447 bits per heavy atom. The van der Waals surface area contributed by atoms with E-state index in [-0.39, 0.29) is 11.5 Å². The van der Waals surface area contributed by atoms with Gasteiger partial charge in [-0.3, -0.25) is 0 Å². The molecule has 2 fully saturated rings. The SMILES string of the molecule is CC(S(=O)(=O)CCCCCCCCCCS(=O)(=O)C(C)S(=O)(=O)C1CCCCC1)S(=O)(=O)C1CCCCC1. The largest absolute Gasteiger partial charge is 0.228 e. The first-order chi connectivity index (χ1) is 17.7. The third kappa shape index (κ3) is 9.72. The summed E-state index contributed by atoms with van der Waals surface area (Å²) in [5.41, 5.74) is 0. The van der Waals surface area contributed by atoms with Crippen LogP contribution in [0.1, 0.15) is 129 Å². The van der Waals surface area contributed by atoms with Crippen molar-refractivity contribution in [3.8, 4) is 0 Å². The molecule has 2 atom stereocenters. The average Bonchev–Trinajstić information content (AvgIpc) is 2.89. The molecular formula is C26H50O8S4. The lowest BCUT2D eigenvalue weighted by Gasteiger charge is -2.25. The Labute approximate surface area is 232 Å². The zero-order chi connectivity index (χ0) is 28.5. The van der Waals surface area contributed by atoms with E-state index in [0.29, 0.717) is 51.4 Å². The first-order valence-corrected chi connectivity index (χ1v) is 21.3. The molecular weight excluding hydrogens is 569 g/mol. The van der Waals surface area contributed by atoms with Crippen LogP contribution in [-0.2, 0) is 39.3 Å². The third-order valence-corrected chi connectivity index (χ3v) is 20.3. The van der Waals surface area contributed by atoms with Crippen molar-refractivity contribution in [3.63, 3.8) is 0 Å². The molecule has 0 heterocycles. The fourth-order valence-corrected chi connectivity index (χ4v) is 15.5. The van der Waals surface area contributed by atoms with Gasteiger partial charge in [0.15, 0.2) is 48.5 Å². The van der Waals surface area contributed by atoms with E-state index in [2.05, 4.69) is 0 Å². The van der Waals surface area contributed by atoms with Gasteiger partial charge in [0.2, 0.25) is 0 Å². The summed E-state index contributed by atoms with van der Waals surface area (Å²) in [7, 11) is -14.7. The minimum absolute atomic E-state index is 0.111. The second kappa shape index (κ2) is 15.1. The normalized spacial score (nSPS) is 20.8. The molecule has 0 saturated heterocycles. The molecule has 12 heteroatoms. The van der Waals surface area contributed by atoms with Crippen LogP contribution in [0.15, 0.2) is 0 Å². The Kier molecular flexibility index (Phi) is 13.6. The number of hydrogen-bond donors (Lipinski definition) is 0. The van der Waals surface area contributed by atoms with Gasteiger partial charge in [-0.1, -0.05) is 77.0 Å². The van der Waals surface area contributed by atoms with Crippen LogP contribution < -0.4 is 0 Å². The summed E-state index contributed by atoms with van der Waals surface area (Å²) < 4.78 is 99.0. The molecule has 226 valence electrons. The number of hydrogen-bond acceptors (Lipinski definition) is 8. The molecule has 38 heavy (non-hydrogen) atoms. The van der Waals surface area contributed by atoms with E-state index in [0.717, 1.165) is 64.2 Å². The minimum atomic E-state index is -3.70. The van der Waals surface area contributed by atoms with E-state index in [9.17, 15) is 33.7 Å². The molecule has 0 spiro atoms. The maximum absolute atomic E-state index is 12.8. The van der Waals surface area contributed by atoms with Crippen molar-refractivity contribution >= 4 is 39.3 Å². The van der Waals surface area contributed by atoms with Gasteiger partial charge in [-0.25, -0.2) is 33.7 Å². The van der Waals surface area contributed by atoms with Crippen LogP contribution in [0, 0.1) is 0 Å². The highest BCUT2D eigenvalue weighted by Gasteiger charge is 2.40. The van der Waals surface area contributed by atoms with Crippen LogP contribution >= 0.6 is 0 Å². The van der Waals surface area contributed by atoms with Gasteiger partial charge in [0.05, 0.1) is 22.0 Å². The Bertz CT molecular complexity index is 1040. The highest BCUT2D eigenvalue weighted by molar-refractivity contribution is 8.09. The van der Waals surface area contributed by atoms with Crippen molar-refractivity contribution in [2.45, 2.75) is 149 Å². The van der Waals surface area contributed by atoms with Gasteiger partial charge in [-0.2, -0.15) is 0 Å². The molecule has 2 saturated carbocycles. The van der Waals surface area contributed by atoms with Gasteiger partial charge >= 0.3 is 0 Å². The molecule has 0 aromatic carbocycles. The fourth-order valence-electron chi connectivity index (χ4n) is 5.74. The molecule has 0 amide bonds. The van der Waals surface area contributed by atoms with Crippen LogP contribution in [0.3, 0.4) is 0 Å². The van der Waals surface area contributed by atoms with E-state index in [1.54, 1.807) is 0 Å². The summed E-state index contributed by atoms with van der Waals surface area (Å²) in [6.45, 7) is 2.65. The molecule has 0 aliphatic heterocycles. The van der Waals surface area contributed by atoms with E-state index >= 15 is 0 Å². The molecule has 2 aliphatic rings. The standard InChI is InChI=1S/C26H50O8S4/c1-23(37(31,32)25-17-11-9-12-18-25)35(27,28)21-15-7-5-3-4-6-8-16-22-36(29,30)24(2)38(33,34)26-19-13-10-14-20-26/h23-26H,3-22H2,1-2H3. The Morgan fingerprint density at radius 3 is 1.00 bits per heavy atom. The molecule has 2 rings (SSSR count). The molecule has 0 bridgehead atoms. The molecule has 0 radical (unpaired) electrons. The molecule has 2 unspecified atom stereocenters. The van der Waals surface area contributed by atoms with Gasteiger partial charge in [0, 0.05) is 0 Å². The van der Waals surface area contributed by atoms with Gasteiger partial charge in [0.1, 0.15) is 0 Å². The summed E-state index contributed by atoms with van der Waals surface area (Å²) in [4.78, 5) is 0. The average molecular weight is 619 g/mol. The zero-order valence-electron chi connectivity index (χ0n) is 23.4. The van der Waals surface area contributed by atoms with Gasteiger partial charge in [-0.05, 0) is 52.4 Å². The van der Waals surface area contributed by atoms with E-state index < -0.39 is 59.0 Å². The lowest BCUT2D eigenvalue weighted by Crippen LogP contribution is -2.37. The Morgan fingerprint density at radius 2 is 0.711 bits per heavy atom. The maximum Gasteiger partial charge on any atom is 0.170 e. The summed E-state index contributed by atoms with van der Waals surface area (Å²) in [5.74, 6) is -0.222. The van der Waals surface area contributed by atoms with Gasteiger partial charge in [-0.15, -0.1) is 0 Å². The van der Waals surface area contributed by atoms with Crippen LogP contribution in [0.5, 0.6) is 0 Å². The van der Waals surface area contributed by atoms with Crippen molar-refractivity contribution in [1.82, 2.24) is 0 Å². The van der Waals surface area contributed by atoms with Gasteiger partial charge in [0.25, 0.3) is 0 Å². The lowest BCUT2D eigenvalue weighted by molar-refractivity contribution is 0.481. The fraction of sp³-hybridized carbons (Fsp3) is 1.00. The predicted molar refractivity (Wildman–Crippen MR) is 155 cm³/mol. The topological polar surface area (TPSA) is 137 Å². The summed E-state index contributed by atoms with van der Waals surface area (Å²) in [6.07, 6.45) is 13.4. The molecule has 0 aromatic rings. The second-order valence-electron chi connectivity index (χ2n) is 11.4. The van der Waals surface area contributed by atoms with Crippen molar-refractivity contribution in [3.05, 3.63) is 0 Å². The van der Waals surface area contributed by atoms with Crippen LogP contribution in [0.2, 0.25) is 0 Å². The van der Waals surface area contributed by atoms with Gasteiger partial charge < -0.3 is 0 Å². The highest BCUT2D eigenvalue weighted by atomic mass is 32.3. The van der Waals surface area contributed by atoms with Crippen LogP contribution in [-0.4, -0.2) is 64.8 Å². The first kappa shape index (κ1) is 34.0. The third-order valence-electron chi connectivity index (χ3n) is 8.58. The second-order valence-corrected chi connectivity index (χ2v) is 22.0. The number of rotatable bonds is 17. The zero-order valence-corrected chi connectivity index (χ0v) is 26.6. The Balaban J connectivity index is 1.60. The van der Waals surface area contributed by atoms with Crippen molar-refractivity contribution in [2.75, 3.05) is 11.5 Å². The summed E-state index contributed by atoms with van der Waals surface area (Å²) in [5, 5.41) is -1.05. The first-order valence-electron chi connectivity index (χ1n) is 14.6. The van der Waals surface area contributed by atoms with Crippen molar-refractivity contribution in [1.29, 1.82) is 0 Å². The van der Waals surface area contributed by atoms with Crippen LogP contribution in [0.4, 0.5) is 0 Å². The molecule has 2 aliphatic carbocycles. The predicted octanol–water partition coefficient (Wildman–Crippen LogP) is 5.12. The summed E-state index contributed by atoms with van der Waals surface area (Å²) >= 11 is 0. The number of sulfone groups is 4. The van der Waals surface area contributed by atoms with E-state index in [1.807, 2.05) is 0 Å². The smallest absolute Gasteiger partial charge is 0.170 e. The highest BCUT2D eigenvalue weighted by Crippen LogP contribution is 2.30. The quantitative estimate of drug-likeness (QED) is 0.205. The molecule has 0 aromatic heterocycles.